The van der Waals surface area contributed by atoms with E-state index in [2.05, 4.69) is 25.5 Å². The summed E-state index contributed by atoms with van der Waals surface area (Å²) < 4.78 is 6.70. The molecule has 0 aliphatic rings. The van der Waals surface area contributed by atoms with Gasteiger partial charge in [0.05, 0.1) is 23.8 Å². The van der Waals surface area contributed by atoms with Crippen LogP contribution >= 0.6 is 0 Å². The van der Waals surface area contributed by atoms with E-state index in [1.807, 2.05) is 34.9 Å². The van der Waals surface area contributed by atoms with E-state index in [4.69, 9.17) is 10.4 Å². The number of imidazole rings is 1. The number of hydrogen-bond acceptors (Lipinski definition) is 7. The van der Waals surface area contributed by atoms with E-state index in [-0.39, 0.29) is 5.82 Å². The minimum atomic E-state index is 0.212. The third-order valence-corrected chi connectivity index (χ3v) is 3.37. The second-order valence-electron chi connectivity index (χ2n) is 4.76. The van der Waals surface area contributed by atoms with Gasteiger partial charge in [0.15, 0.2) is 17.3 Å². The number of aromatic nitrogens is 6. The molecule has 0 radical (unpaired) electrons. The van der Waals surface area contributed by atoms with Gasteiger partial charge < -0.3 is 10.3 Å². The van der Waals surface area contributed by atoms with Crippen LogP contribution in [0.5, 0.6) is 0 Å². The van der Waals surface area contributed by atoms with Crippen molar-refractivity contribution in [1.29, 1.82) is 0 Å². The molecule has 0 aliphatic carbocycles. The normalized spacial score (nSPS) is 11.1. The molecule has 8 nitrogen and oxygen atoms in total. The Hall–Kier alpha value is -3.29. The maximum atomic E-state index is 5.81. The van der Waals surface area contributed by atoms with Crippen LogP contribution in [0.2, 0.25) is 0 Å². The number of rotatable bonds is 3. The van der Waals surface area contributed by atoms with Crippen molar-refractivity contribution in [2.24, 2.45) is 0 Å². The SMILES string of the molecule is Nc1nonc1-c1nc2ccccc2n1Cc1ccnnc1. The molecule has 3 heterocycles. The van der Waals surface area contributed by atoms with E-state index >= 15 is 0 Å². The second-order valence-corrected chi connectivity index (χ2v) is 4.76. The fourth-order valence-electron chi connectivity index (χ4n) is 2.36. The van der Waals surface area contributed by atoms with Crippen molar-refractivity contribution >= 4 is 16.9 Å². The first-order chi connectivity index (χ1) is 10.8. The lowest BCUT2D eigenvalue weighted by atomic mass is 10.2. The molecule has 22 heavy (non-hydrogen) atoms. The fourth-order valence-corrected chi connectivity index (χ4v) is 2.36. The molecule has 0 aliphatic heterocycles. The molecule has 0 fully saturated rings. The minimum absolute atomic E-state index is 0.212. The van der Waals surface area contributed by atoms with Crippen molar-refractivity contribution in [1.82, 2.24) is 30.1 Å². The van der Waals surface area contributed by atoms with Crippen molar-refractivity contribution < 1.29 is 4.63 Å². The maximum absolute atomic E-state index is 5.81. The zero-order valence-corrected chi connectivity index (χ0v) is 11.4. The molecule has 0 bridgehead atoms. The summed E-state index contributed by atoms with van der Waals surface area (Å²) in [7, 11) is 0. The first-order valence-corrected chi connectivity index (χ1v) is 6.62. The number of nitrogen functional groups attached to an aromatic ring is 1. The summed E-state index contributed by atoms with van der Waals surface area (Å²) in [6.45, 7) is 0.567. The Morgan fingerprint density at radius 2 is 2.00 bits per heavy atom. The Kier molecular flexibility index (Phi) is 2.78. The van der Waals surface area contributed by atoms with Gasteiger partial charge in [0, 0.05) is 6.20 Å². The third kappa shape index (κ3) is 1.97. The van der Waals surface area contributed by atoms with Crippen molar-refractivity contribution in [2.75, 3.05) is 5.73 Å². The average Bonchev–Trinajstić information content (AvgIpc) is 3.12. The predicted molar refractivity (Wildman–Crippen MR) is 78.6 cm³/mol. The summed E-state index contributed by atoms with van der Waals surface area (Å²) in [5.74, 6) is 0.821. The largest absolute Gasteiger partial charge is 0.379 e. The van der Waals surface area contributed by atoms with Crippen LogP contribution < -0.4 is 5.73 Å². The predicted octanol–water partition coefficient (Wildman–Crippen LogP) is 1.51. The second kappa shape index (κ2) is 4.92. The highest BCUT2D eigenvalue weighted by atomic mass is 16.6. The molecule has 0 amide bonds. The first-order valence-electron chi connectivity index (χ1n) is 6.62. The van der Waals surface area contributed by atoms with E-state index in [0.29, 0.717) is 18.1 Å². The summed E-state index contributed by atoms with van der Waals surface area (Å²) in [4.78, 5) is 4.60. The van der Waals surface area contributed by atoms with Gasteiger partial charge in [-0.3, -0.25) is 0 Å². The summed E-state index contributed by atoms with van der Waals surface area (Å²) in [5.41, 5.74) is 9.06. The lowest BCUT2D eigenvalue weighted by Gasteiger charge is -2.07. The molecule has 3 aromatic heterocycles. The van der Waals surface area contributed by atoms with Gasteiger partial charge in [-0.15, -0.1) is 0 Å². The smallest absolute Gasteiger partial charge is 0.199 e. The molecule has 4 aromatic rings. The summed E-state index contributed by atoms with van der Waals surface area (Å²) in [5, 5.41) is 15.2. The lowest BCUT2D eigenvalue weighted by Crippen LogP contribution is -2.04. The molecule has 8 heteroatoms. The van der Waals surface area contributed by atoms with Gasteiger partial charge in [-0.25, -0.2) is 9.61 Å². The van der Waals surface area contributed by atoms with Gasteiger partial charge in [0.25, 0.3) is 0 Å². The van der Waals surface area contributed by atoms with Crippen molar-refractivity contribution in [3.05, 3.63) is 48.3 Å². The topological polar surface area (TPSA) is 109 Å². The molecule has 2 N–H and O–H groups in total. The van der Waals surface area contributed by atoms with Crippen LogP contribution in [-0.2, 0) is 6.54 Å². The summed E-state index contributed by atoms with van der Waals surface area (Å²) in [6.07, 6.45) is 3.36. The quantitative estimate of drug-likeness (QED) is 0.609. The average molecular weight is 293 g/mol. The summed E-state index contributed by atoms with van der Waals surface area (Å²) in [6, 6.07) is 9.71. The number of fused-ring (bicyclic) bond motifs is 1. The molecule has 0 unspecified atom stereocenters. The Morgan fingerprint density at radius 1 is 1.09 bits per heavy atom. The number of para-hydroxylation sites is 2. The van der Waals surface area contributed by atoms with Crippen LogP contribution in [0.3, 0.4) is 0 Å². The maximum Gasteiger partial charge on any atom is 0.199 e. The Balaban J connectivity index is 1.93. The van der Waals surface area contributed by atoms with Crippen LogP contribution in [0.1, 0.15) is 5.56 Å². The van der Waals surface area contributed by atoms with E-state index in [9.17, 15) is 0 Å². The Labute approximate surface area is 124 Å². The zero-order chi connectivity index (χ0) is 14.9. The van der Waals surface area contributed by atoms with E-state index in [1.54, 1.807) is 12.4 Å². The highest BCUT2D eigenvalue weighted by molar-refractivity contribution is 5.81. The van der Waals surface area contributed by atoms with Crippen molar-refractivity contribution in [2.45, 2.75) is 6.54 Å². The molecule has 4 rings (SSSR count). The van der Waals surface area contributed by atoms with E-state index in [1.165, 1.54) is 0 Å². The third-order valence-electron chi connectivity index (χ3n) is 3.37. The Morgan fingerprint density at radius 3 is 2.77 bits per heavy atom. The zero-order valence-electron chi connectivity index (χ0n) is 11.4. The monoisotopic (exact) mass is 293 g/mol. The molecule has 0 atom stereocenters. The van der Waals surface area contributed by atoms with Gasteiger partial charge in [0.2, 0.25) is 0 Å². The van der Waals surface area contributed by atoms with Crippen LogP contribution in [0.25, 0.3) is 22.6 Å². The highest BCUT2D eigenvalue weighted by Crippen LogP contribution is 2.27. The molecular formula is C14H11N7O. The van der Waals surface area contributed by atoms with Crippen molar-refractivity contribution in [3.8, 4) is 11.5 Å². The van der Waals surface area contributed by atoms with Gasteiger partial charge in [-0.1, -0.05) is 12.1 Å². The number of nitrogens with two attached hydrogens (primary N) is 1. The molecule has 0 spiro atoms. The molecular weight excluding hydrogens is 282 g/mol. The molecule has 0 saturated heterocycles. The molecule has 0 saturated carbocycles. The van der Waals surface area contributed by atoms with Gasteiger partial charge in [0.1, 0.15) is 0 Å². The van der Waals surface area contributed by atoms with Crippen LogP contribution in [-0.4, -0.2) is 30.1 Å². The van der Waals surface area contributed by atoms with Crippen LogP contribution in [0.4, 0.5) is 5.82 Å². The van der Waals surface area contributed by atoms with Crippen LogP contribution in [0, 0.1) is 0 Å². The number of hydrogen-bond donors (Lipinski definition) is 1. The number of nitrogens with zero attached hydrogens (tertiary/aromatic N) is 6. The number of anilines is 1. The van der Waals surface area contributed by atoms with E-state index in [0.717, 1.165) is 16.6 Å². The van der Waals surface area contributed by atoms with Gasteiger partial charge >= 0.3 is 0 Å². The van der Waals surface area contributed by atoms with Crippen molar-refractivity contribution in [3.63, 3.8) is 0 Å². The summed E-state index contributed by atoms with van der Waals surface area (Å²) >= 11 is 0. The van der Waals surface area contributed by atoms with Gasteiger partial charge in [-0.2, -0.15) is 10.2 Å². The fraction of sp³-hybridized carbons (Fsp3) is 0.0714. The lowest BCUT2D eigenvalue weighted by molar-refractivity contribution is 0.310. The molecule has 1 aromatic carbocycles. The number of benzene rings is 1. The van der Waals surface area contributed by atoms with Gasteiger partial charge in [-0.05, 0) is 34.1 Å². The first kappa shape index (κ1) is 12.5. The van der Waals surface area contributed by atoms with E-state index < -0.39 is 0 Å². The Bertz CT molecular complexity index is 929. The minimum Gasteiger partial charge on any atom is -0.379 e. The van der Waals surface area contributed by atoms with Crippen LogP contribution in [0.15, 0.2) is 47.4 Å². The molecule has 108 valence electrons. The highest BCUT2D eigenvalue weighted by Gasteiger charge is 2.19. The standard InChI is InChI=1S/C14H11N7O/c15-13-12(19-22-20-13)14-18-10-3-1-2-4-11(10)21(14)8-9-5-6-16-17-7-9/h1-7H,8H2,(H2,15,20).